The number of alkyl halides is 1. The lowest BCUT2D eigenvalue weighted by atomic mass is 10.0. The van der Waals surface area contributed by atoms with Crippen LogP contribution in [-0.4, -0.2) is 22.9 Å². The summed E-state index contributed by atoms with van der Waals surface area (Å²) in [5, 5.41) is 9.08. The minimum Gasteiger partial charge on any atom is -0.366 e. The van der Waals surface area contributed by atoms with E-state index in [-0.39, 0.29) is 0 Å². The molecule has 2 nitrogen and oxygen atoms in total. The second kappa shape index (κ2) is 2.45. The quantitative estimate of drug-likeness (QED) is 0.525. The van der Waals surface area contributed by atoms with Crippen LogP contribution in [0.3, 0.4) is 0 Å². The fourth-order valence-electron chi connectivity index (χ4n) is 0.910. The Balaban J connectivity index is 2.49. The van der Waals surface area contributed by atoms with Crippen molar-refractivity contribution in [3.63, 3.8) is 0 Å². The van der Waals surface area contributed by atoms with E-state index in [1.165, 1.54) is 0 Å². The van der Waals surface area contributed by atoms with Crippen LogP contribution in [-0.2, 0) is 4.74 Å². The molecule has 1 aliphatic rings. The van der Waals surface area contributed by atoms with Crippen molar-refractivity contribution in [2.75, 3.05) is 6.61 Å². The van der Waals surface area contributed by atoms with Gasteiger partial charge in [0.05, 0.1) is 4.87 Å². The summed E-state index contributed by atoms with van der Waals surface area (Å²) in [5.74, 6) is 0. The summed E-state index contributed by atoms with van der Waals surface area (Å²) in [6.45, 7) is 2.42. The summed E-state index contributed by atoms with van der Waals surface area (Å²) >= 11 is 5.85. The van der Waals surface area contributed by atoms with Gasteiger partial charge in [0.2, 0.25) is 0 Å². The van der Waals surface area contributed by atoms with Crippen molar-refractivity contribution in [3.05, 3.63) is 0 Å². The van der Waals surface area contributed by atoms with Gasteiger partial charge in [-0.3, -0.25) is 0 Å². The molecule has 1 heterocycles. The monoisotopic (exact) mass is 150 g/mol. The van der Waals surface area contributed by atoms with Crippen molar-refractivity contribution in [3.8, 4) is 0 Å². The third-order valence-corrected chi connectivity index (χ3v) is 1.98. The predicted molar refractivity (Wildman–Crippen MR) is 35.5 cm³/mol. The van der Waals surface area contributed by atoms with Crippen LogP contribution in [0, 0.1) is 0 Å². The maximum absolute atomic E-state index is 9.08. The van der Waals surface area contributed by atoms with Crippen LogP contribution in [0.1, 0.15) is 19.8 Å². The van der Waals surface area contributed by atoms with Crippen LogP contribution in [0.15, 0.2) is 0 Å². The lowest BCUT2D eigenvalue weighted by molar-refractivity contribution is -0.143. The highest BCUT2D eigenvalue weighted by Crippen LogP contribution is 2.29. The van der Waals surface area contributed by atoms with Crippen molar-refractivity contribution < 1.29 is 9.84 Å². The minimum atomic E-state index is -0.784. The highest BCUT2D eigenvalue weighted by atomic mass is 35.5. The van der Waals surface area contributed by atoms with Crippen molar-refractivity contribution >= 4 is 11.6 Å². The summed E-state index contributed by atoms with van der Waals surface area (Å²) in [4.78, 5) is -0.557. The highest BCUT2D eigenvalue weighted by Gasteiger charge is 2.33. The van der Waals surface area contributed by atoms with Crippen molar-refractivity contribution in [1.29, 1.82) is 0 Å². The molecule has 1 fully saturated rings. The van der Waals surface area contributed by atoms with Gasteiger partial charge in [0, 0.05) is 6.61 Å². The molecule has 1 rings (SSSR count). The minimum absolute atomic E-state index is 0.557. The Labute approximate surface area is 59.8 Å². The Kier molecular flexibility index (Phi) is 1.99. The van der Waals surface area contributed by atoms with E-state index in [2.05, 4.69) is 0 Å². The molecule has 0 aromatic rings. The summed E-state index contributed by atoms with van der Waals surface area (Å²) in [7, 11) is 0. The van der Waals surface area contributed by atoms with Crippen LogP contribution in [0.4, 0.5) is 0 Å². The molecule has 0 saturated carbocycles. The number of halogens is 1. The largest absolute Gasteiger partial charge is 0.366 e. The SMILES string of the molecule is C[C@]1(Cl)CCCO[C@H]1O. The molecule has 0 aromatic heterocycles. The maximum Gasteiger partial charge on any atom is 0.173 e. The average molecular weight is 151 g/mol. The fraction of sp³-hybridized carbons (Fsp3) is 1.00. The normalized spacial score (nSPS) is 45.0. The predicted octanol–water partition coefficient (Wildman–Crippen LogP) is 1.11. The second-order valence-electron chi connectivity index (χ2n) is 2.60. The number of aliphatic hydroxyl groups excluding tert-OH is 1. The van der Waals surface area contributed by atoms with Crippen molar-refractivity contribution in [2.45, 2.75) is 30.9 Å². The van der Waals surface area contributed by atoms with Gasteiger partial charge >= 0.3 is 0 Å². The van der Waals surface area contributed by atoms with Crippen LogP contribution in [0.2, 0.25) is 0 Å². The van der Waals surface area contributed by atoms with E-state index in [4.69, 9.17) is 21.4 Å². The topological polar surface area (TPSA) is 29.5 Å². The average Bonchev–Trinajstić information content (AvgIpc) is 1.77. The summed E-state index contributed by atoms with van der Waals surface area (Å²) < 4.78 is 4.92. The molecule has 0 aromatic carbocycles. The smallest absolute Gasteiger partial charge is 0.173 e. The Morgan fingerprint density at radius 1 is 1.78 bits per heavy atom. The molecule has 1 N–H and O–H groups in total. The van der Waals surface area contributed by atoms with Crippen molar-refractivity contribution in [2.24, 2.45) is 0 Å². The van der Waals surface area contributed by atoms with E-state index < -0.39 is 11.2 Å². The highest BCUT2D eigenvalue weighted by molar-refractivity contribution is 6.24. The van der Waals surface area contributed by atoms with Gasteiger partial charge in [0.25, 0.3) is 0 Å². The molecule has 54 valence electrons. The third kappa shape index (κ3) is 1.57. The van der Waals surface area contributed by atoms with Gasteiger partial charge in [-0.05, 0) is 19.8 Å². The lowest BCUT2D eigenvalue weighted by Crippen LogP contribution is -2.40. The standard InChI is InChI=1S/C6H11ClO2/c1-6(7)3-2-4-9-5(6)8/h5,8H,2-4H2,1H3/t5-,6+/m1/s1. The van der Waals surface area contributed by atoms with E-state index in [1.54, 1.807) is 6.92 Å². The Bertz CT molecular complexity index is 103. The van der Waals surface area contributed by atoms with Gasteiger partial charge in [0.1, 0.15) is 0 Å². The zero-order valence-corrected chi connectivity index (χ0v) is 6.19. The van der Waals surface area contributed by atoms with Crippen molar-refractivity contribution in [1.82, 2.24) is 0 Å². The van der Waals surface area contributed by atoms with Crippen LogP contribution in [0.25, 0.3) is 0 Å². The molecule has 1 saturated heterocycles. The molecule has 0 aliphatic carbocycles. The van der Waals surface area contributed by atoms with E-state index >= 15 is 0 Å². The van der Waals surface area contributed by atoms with Gasteiger partial charge in [-0.15, -0.1) is 11.6 Å². The molecule has 0 amide bonds. The molecule has 0 bridgehead atoms. The molecule has 9 heavy (non-hydrogen) atoms. The van der Waals surface area contributed by atoms with E-state index in [0.717, 1.165) is 12.8 Å². The number of aliphatic hydroxyl groups is 1. The molecule has 3 heteroatoms. The van der Waals surface area contributed by atoms with Gasteiger partial charge < -0.3 is 9.84 Å². The molecule has 0 radical (unpaired) electrons. The first-order valence-corrected chi connectivity index (χ1v) is 3.49. The molecule has 0 spiro atoms. The zero-order chi connectivity index (χ0) is 6.91. The lowest BCUT2D eigenvalue weighted by Gasteiger charge is -2.32. The van der Waals surface area contributed by atoms with Crippen LogP contribution >= 0.6 is 11.6 Å². The zero-order valence-electron chi connectivity index (χ0n) is 5.43. The van der Waals surface area contributed by atoms with Crippen LogP contribution in [0.5, 0.6) is 0 Å². The summed E-state index contributed by atoms with van der Waals surface area (Å²) in [5.41, 5.74) is 0. The summed E-state index contributed by atoms with van der Waals surface area (Å²) in [6.07, 6.45) is 0.986. The molecular weight excluding hydrogens is 140 g/mol. The van der Waals surface area contributed by atoms with Crippen LogP contribution < -0.4 is 0 Å². The van der Waals surface area contributed by atoms with E-state index in [1.807, 2.05) is 0 Å². The first kappa shape index (κ1) is 7.32. The van der Waals surface area contributed by atoms with Gasteiger partial charge in [-0.2, -0.15) is 0 Å². The van der Waals surface area contributed by atoms with Gasteiger partial charge in [0.15, 0.2) is 6.29 Å². The number of hydrogen-bond acceptors (Lipinski definition) is 2. The molecular formula is C6H11ClO2. The van der Waals surface area contributed by atoms with Gasteiger partial charge in [-0.1, -0.05) is 0 Å². The Hall–Kier alpha value is 0.210. The Morgan fingerprint density at radius 3 is 2.78 bits per heavy atom. The first-order chi connectivity index (χ1) is 4.13. The molecule has 0 unspecified atom stereocenters. The Morgan fingerprint density at radius 2 is 2.44 bits per heavy atom. The molecule has 2 atom stereocenters. The first-order valence-electron chi connectivity index (χ1n) is 3.11. The number of hydrogen-bond donors (Lipinski definition) is 1. The number of rotatable bonds is 0. The fourth-order valence-corrected chi connectivity index (χ4v) is 1.11. The van der Waals surface area contributed by atoms with Gasteiger partial charge in [-0.25, -0.2) is 0 Å². The second-order valence-corrected chi connectivity index (χ2v) is 3.47. The maximum atomic E-state index is 9.08. The number of ether oxygens (including phenoxy) is 1. The van der Waals surface area contributed by atoms with E-state index in [9.17, 15) is 0 Å². The summed E-state index contributed by atoms with van der Waals surface area (Å²) in [6, 6.07) is 0. The molecule has 1 aliphatic heterocycles. The van der Waals surface area contributed by atoms with E-state index in [0.29, 0.717) is 6.61 Å². The third-order valence-electron chi connectivity index (χ3n) is 1.60.